The second-order valence-corrected chi connectivity index (χ2v) is 10.1. The number of nitrogens with zero attached hydrogens (tertiary/aromatic N) is 3. The van der Waals surface area contributed by atoms with E-state index in [0.717, 1.165) is 10.5 Å². The van der Waals surface area contributed by atoms with Gasteiger partial charge in [-0.1, -0.05) is 24.4 Å². The minimum Gasteiger partial charge on any atom is -0.292 e. The number of nitriles is 1. The summed E-state index contributed by atoms with van der Waals surface area (Å²) in [5.74, 6) is -0.159. The first-order valence-corrected chi connectivity index (χ1v) is 12.1. The van der Waals surface area contributed by atoms with E-state index >= 15 is 0 Å². The molecule has 0 saturated heterocycles. The van der Waals surface area contributed by atoms with Crippen LogP contribution in [0.4, 0.5) is 5.69 Å². The summed E-state index contributed by atoms with van der Waals surface area (Å²) < 4.78 is 0.822. The van der Waals surface area contributed by atoms with Crippen LogP contribution in [0.25, 0.3) is 10.2 Å². The Kier molecular flexibility index (Phi) is 6.56. The Morgan fingerprint density at radius 1 is 1.32 bits per heavy atom. The molecule has 0 spiro atoms. The van der Waals surface area contributed by atoms with Gasteiger partial charge >= 0.3 is 0 Å². The molecular weight excluding hydrogens is 454 g/mol. The number of carbonyl (C=O) groups is 1. The maximum Gasteiger partial charge on any atom is 0.270 e. The zero-order valence-corrected chi connectivity index (χ0v) is 18.8. The van der Waals surface area contributed by atoms with Gasteiger partial charge in [-0.2, -0.15) is 5.26 Å². The summed E-state index contributed by atoms with van der Waals surface area (Å²) in [6, 6.07) is 11.6. The molecule has 2 aromatic carbocycles. The number of rotatable bonds is 7. The number of nitro benzene ring substituents is 1. The van der Waals surface area contributed by atoms with Crippen molar-refractivity contribution in [2.45, 2.75) is 36.5 Å². The summed E-state index contributed by atoms with van der Waals surface area (Å²) in [7, 11) is 0. The Balaban J connectivity index is 1.68. The maximum absolute atomic E-state index is 13.4. The molecule has 1 fully saturated rings. The summed E-state index contributed by atoms with van der Waals surface area (Å²) in [6.07, 6.45) is 4.77. The number of hydrogen-bond acceptors (Lipinski definition) is 7. The first-order chi connectivity index (χ1) is 15.0. The third-order valence-corrected chi connectivity index (χ3v) is 8.03. The third kappa shape index (κ3) is 4.74. The Morgan fingerprint density at radius 2 is 2.10 bits per heavy atom. The topological polar surface area (TPSA) is 96.9 Å². The van der Waals surface area contributed by atoms with Gasteiger partial charge < -0.3 is 0 Å². The lowest BCUT2D eigenvalue weighted by molar-refractivity contribution is -0.384. The molecule has 0 aliphatic heterocycles. The van der Waals surface area contributed by atoms with E-state index in [9.17, 15) is 20.2 Å². The van der Waals surface area contributed by atoms with Crippen molar-refractivity contribution >= 4 is 56.4 Å². The summed E-state index contributed by atoms with van der Waals surface area (Å²) >= 11 is 8.82. The van der Waals surface area contributed by atoms with Crippen LogP contribution in [-0.2, 0) is 0 Å². The Hall–Kier alpha value is -2.47. The number of benzene rings is 2. The number of carbonyl (C=O) groups excluding carboxylic acids is 1. The van der Waals surface area contributed by atoms with E-state index in [0.29, 0.717) is 26.4 Å². The Labute approximate surface area is 192 Å². The van der Waals surface area contributed by atoms with Crippen LogP contribution < -0.4 is 0 Å². The highest BCUT2D eigenvalue weighted by atomic mass is 35.5. The lowest BCUT2D eigenvalue weighted by atomic mass is 9.99. The van der Waals surface area contributed by atoms with Crippen LogP contribution in [-0.4, -0.2) is 21.4 Å². The number of halogens is 1. The highest BCUT2D eigenvalue weighted by Gasteiger charge is 2.29. The zero-order chi connectivity index (χ0) is 22.0. The minimum absolute atomic E-state index is 0.165. The van der Waals surface area contributed by atoms with E-state index in [1.54, 1.807) is 24.3 Å². The van der Waals surface area contributed by atoms with Crippen LogP contribution in [0.2, 0.25) is 5.02 Å². The zero-order valence-electron chi connectivity index (χ0n) is 16.4. The summed E-state index contributed by atoms with van der Waals surface area (Å²) in [5, 5.41) is 22.0. The molecule has 1 heterocycles. The van der Waals surface area contributed by atoms with Gasteiger partial charge in [0.1, 0.15) is 5.01 Å². The van der Waals surface area contributed by atoms with Gasteiger partial charge in [0.15, 0.2) is 11.7 Å². The fourth-order valence-electron chi connectivity index (χ4n) is 3.76. The highest BCUT2D eigenvalue weighted by molar-refractivity contribution is 7.99. The number of non-ortho nitro benzene ring substituents is 1. The van der Waals surface area contributed by atoms with Crippen molar-refractivity contribution in [1.82, 2.24) is 4.98 Å². The average molecular weight is 472 g/mol. The molecule has 1 unspecified atom stereocenters. The van der Waals surface area contributed by atoms with Gasteiger partial charge in [0.05, 0.1) is 21.2 Å². The van der Waals surface area contributed by atoms with Crippen LogP contribution in [0.15, 0.2) is 41.3 Å². The van der Waals surface area contributed by atoms with Crippen LogP contribution in [0, 0.1) is 27.4 Å². The van der Waals surface area contributed by atoms with E-state index in [-0.39, 0.29) is 11.3 Å². The smallest absolute Gasteiger partial charge is 0.270 e. The van der Waals surface area contributed by atoms with E-state index in [4.69, 9.17) is 11.6 Å². The lowest BCUT2D eigenvalue weighted by Gasteiger charge is -2.13. The standard InChI is InChI=1S/C22H18ClN3O3S2/c23-14-5-7-20-18(9-14)25-22(31-20)17(11-24)21(27)16-10-15(26(28)29)6-8-19(16)30-12-13-3-1-2-4-13/h5-10,13,17H,1-4,12H2. The number of fused-ring (bicyclic) bond motifs is 1. The molecule has 6 nitrogen and oxygen atoms in total. The van der Waals surface area contributed by atoms with E-state index in [1.165, 1.54) is 60.9 Å². The Morgan fingerprint density at radius 3 is 2.81 bits per heavy atom. The van der Waals surface area contributed by atoms with Crippen molar-refractivity contribution in [2.24, 2.45) is 5.92 Å². The molecule has 1 aromatic heterocycles. The number of Topliss-reactive ketones (excluding diaryl/α,β-unsaturated/α-hetero) is 1. The molecule has 1 aliphatic rings. The molecule has 0 bridgehead atoms. The molecule has 0 N–H and O–H groups in total. The molecule has 31 heavy (non-hydrogen) atoms. The van der Waals surface area contributed by atoms with Crippen molar-refractivity contribution < 1.29 is 9.72 Å². The van der Waals surface area contributed by atoms with Crippen LogP contribution in [0.1, 0.15) is 47.0 Å². The van der Waals surface area contributed by atoms with E-state index in [1.807, 2.05) is 0 Å². The normalized spacial score (nSPS) is 15.1. The number of aromatic nitrogens is 1. The van der Waals surface area contributed by atoms with Gasteiger partial charge in [-0.05, 0) is 43.0 Å². The van der Waals surface area contributed by atoms with Crippen LogP contribution in [0.3, 0.4) is 0 Å². The van der Waals surface area contributed by atoms with Gasteiger partial charge in [-0.25, -0.2) is 4.98 Å². The maximum atomic E-state index is 13.4. The lowest BCUT2D eigenvalue weighted by Crippen LogP contribution is -2.13. The second kappa shape index (κ2) is 9.35. The summed E-state index contributed by atoms with van der Waals surface area (Å²) in [5.41, 5.74) is 0.665. The predicted octanol–water partition coefficient (Wildman–Crippen LogP) is 6.63. The van der Waals surface area contributed by atoms with Gasteiger partial charge in [0.2, 0.25) is 0 Å². The fraction of sp³-hybridized carbons (Fsp3) is 0.318. The molecule has 1 atom stereocenters. The van der Waals surface area contributed by atoms with Gasteiger partial charge in [-0.3, -0.25) is 14.9 Å². The summed E-state index contributed by atoms with van der Waals surface area (Å²) in [4.78, 5) is 29.3. The van der Waals surface area contributed by atoms with Crippen LogP contribution in [0.5, 0.6) is 0 Å². The SMILES string of the molecule is N#CC(C(=O)c1cc([N+](=O)[O-])ccc1SCC1CCCC1)c1nc2cc(Cl)ccc2s1. The molecule has 1 aliphatic carbocycles. The molecule has 0 radical (unpaired) electrons. The first-order valence-electron chi connectivity index (χ1n) is 9.87. The van der Waals surface area contributed by atoms with Crippen molar-refractivity contribution in [3.05, 3.63) is 62.1 Å². The quantitative estimate of drug-likeness (QED) is 0.166. The van der Waals surface area contributed by atoms with Gasteiger partial charge in [0, 0.05) is 33.4 Å². The summed E-state index contributed by atoms with van der Waals surface area (Å²) in [6.45, 7) is 0. The highest BCUT2D eigenvalue weighted by Crippen LogP contribution is 2.37. The Bertz CT molecular complexity index is 1200. The monoisotopic (exact) mass is 471 g/mol. The molecule has 0 amide bonds. The van der Waals surface area contributed by atoms with Crippen molar-refractivity contribution in [1.29, 1.82) is 5.26 Å². The predicted molar refractivity (Wildman–Crippen MR) is 123 cm³/mol. The third-order valence-electron chi connectivity index (χ3n) is 5.39. The molecule has 158 valence electrons. The molecule has 3 aromatic rings. The van der Waals surface area contributed by atoms with Crippen molar-refractivity contribution in [3.63, 3.8) is 0 Å². The van der Waals surface area contributed by atoms with Gasteiger partial charge in [0.25, 0.3) is 5.69 Å². The number of hydrogen-bond donors (Lipinski definition) is 0. The first kappa shape index (κ1) is 21.8. The van der Waals surface area contributed by atoms with Crippen molar-refractivity contribution in [2.75, 3.05) is 5.75 Å². The molecule has 4 rings (SSSR count). The van der Waals surface area contributed by atoms with Crippen LogP contribution >= 0.6 is 34.7 Å². The molecular formula is C22H18ClN3O3S2. The van der Waals surface area contributed by atoms with E-state index < -0.39 is 16.6 Å². The van der Waals surface area contributed by atoms with Crippen molar-refractivity contribution in [3.8, 4) is 6.07 Å². The number of nitro groups is 1. The van der Waals surface area contributed by atoms with Gasteiger partial charge in [-0.15, -0.1) is 23.1 Å². The fourth-order valence-corrected chi connectivity index (χ4v) is 6.14. The average Bonchev–Trinajstić information content (AvgIpc) is 3.42. The number of thiazole rings is 1. The number of thioether (sulfide) groups is 1. The second-order valence-electron chi connectivity index (χ2n) is 7.49. The molecule has 1 saturated carbocycles. The number of ketones is 1. The minimum atomic E-state index is -1.14. The molecule has 9 heteroatoms. The van der Waals surface area contributed by atoms with E-state index in [2.05, 4.69) is 11.1 Å². The largest absolute Gasteiger partial charge is 0.292 e.